The molecule has 1 saturated carbocycles. The zero-order valence-corrected chi connectivity index (χ0v) is 19.1. The molecule has 0 spiro atoms. The van der Waals surface area contributed by atoms with Crippen molar-refractivity contribution >= 4 is 12.1 Å². The van der Waals surface area contributed by atoms with Crippen molar-refractivity contribution in [1.29, 1.82) is 0 Å². The number of urea groups is 1. The standard InChI is InChI=1S/C28H29N3O3/c32-19-22-9-10-27(29-18-22)34-24-8-4-5-21(16-24)15-20-11-13-31(14-12-20)28(33)30-26-17-25(26)23-6-2-1-3-7-23/h1-10,15-16,18,25-26,32H,11-14,17,19H2,(H,30,33). The van der Waals surface area contributed by atoms with E-state index >= 15 is 0 Å². The average molecular weight is 456 g/mol. The van der Waals surface area contributed by atoms with Crippen LogP contribution in [0.25, 0.3) is 6.08 Å². The summed E-state index contributed by atoms with van der Waals surface area (Å²) < 4.78 is 5.86. The number of likely N-dealkylation sites (tertiary alicyclic amines) is 1. The lowest BCUT2D eigenvalue weighted by molar-refractivity contribution is 0.193. The van der Waals surface area contributed by atoms with Gasteiger partial charge in [0, 0.05) is 37.3 Å². The van der Waals surface area contributed by atoms with E-state index in [1.165, 1.54) is 11.1 Å². The van der Waals surface area contributed by atoms with Crippen LogP contribution in [0.4, 0.5) is 4.79 Å². The van der Waals surface area contributed by atoms with Crippen LogP contribution >= 0.6 is 0 Å². The fourth-order valence-electron chi connectivity index (χ4n) is 4.40. The molecular formula is C28H29N3O3. The van der Waals surface area contributed by atoms with E-state index in [1.807, 2.05) is 29.2 Å². The lowest BCUT2D eigenvalue weighted by atomic mass is 10.0. The van der Waals surface area contributed by atoms with Crippen molar-refractivity contribution in [3.05, 3.63) is 95.2 Å². The summed E-state index contributed by atoms with van der Waals surface area (Å²) in [7, 11) is 0. The summed E-state index contributed by atoms with van der Waals surface area (Å²) >= 11 is 0. The number of hydrogen-bond acceptors (Lipinski definition) is 4. The molecule has 1 saturated heterocycles. The Hall–Kier alpha value is -3.64. The number of pyridine rings is 1. The van der Waals surface area contributed by atoms with E-state index < -0.39 is 0 Å². The Kier molecular flexibility index (Phi) is 6.58. The van der Waals surface area contributed by atoms with Gasteiger partial charge in [-0.3, -0.25) is 0 Å². The number of aliphatic hydroxyl groups excluding tert-OH is 1. The van der Waals surface area contributed by atoms with E-state index in [1.54, 1.807) is 18.3 Å². The van der Waals surface area contributed by atoms with Crippen LogP contribution in [-0.2, 0) is 6.61 Å². The maximum Gasteiger partial charge on any atom is 0.317 e. The number of amides is 2. The highest BCUT2D eigenvalue weighted by Gasteiger charge is 2.40. The van der Waals surface area contributed by atoms with Crippen LogP contribution in [0.3, 0.4) is 0 Å². The summed E-state index contributed by atoms with van der Waals surface area (Å²) in [6.07, 6.45) is 6.56. The van der Waals surface area contributed by atoms with Gasteiger partial charge in [-0.15, -0.1) is 0 Å². The molecule has 5 rings (SSSR count). The van der Waals surface area contributed by atoms with E-state index in [9.17, 15) is 4.79 Å². The monoisotopic (exact) mass is 455 g/mol. The minimum atomic E-state index is -0.0375. The smallest absolute Gasteiger partial charge is 0.317 e. The normalized spacial score (nSPS) is 19.4. The number of aromatic nitrogens is 1. The summed E-state index contributed by atoms with van der Waals surface area (Å²) in [5.41, 5.74) is 4.46. The second-order valence-corrected chi connectivity index (χ2v) is 8.94. The summed E-state index contributed by atoms with van der Waals surface area (Å²) in [6.45, 7) is 1.43. The zero-order valence-electron chi connectivity index (χ0n) is 19.1. The van der Waals surface area contributed by atoms with Crippen LogP contribution < -0.4 is 10.1 Å². The molecule has 2 unspecified atom stereocenters. The van der Waals surface area contributed by atoms with Crippen LogP contribution in [0, 0.1) is 0 Å². The third kappa shape index (κ3) is 5.46. The molecule has 1 aliphatic heterocycles. The number of nitrogens with one attached hydrogen (secondary N) is 1. The van der Waals surface area contributed by atoms with Gasteiger partial charge in [0.1, 0.15) is 5.75 Å². The first-order valence-corrected chi connectivity index (χ1v) is 11.8. The summed E-state index contributed by atoms with van der Waals surface area (Å²) in [4.78, 5) is 18.9. The third-order valence-corrected chi connectivity index (χ3v) is 6.45. The van der Waals surface area contributed by atoms with Gasteiger partial charge in [0.25, 0.3) is 0 Å². The molecule has 2 aromatic carbocycles. The van der Waals surface area contributed by atoms with E-state index in [4.69, 9.17) is 9.84 Å². The largest absolute Gasteiger partial charge is 0.439 e. The first kappa shape index (κ1) is 22.2. The van der Waals surface area contributed by atoms with E-state index in [0.29, 0.717) is 17.5 Å². The Morgan fingerprint density at radius 2 is 1.91 bits per heavy atom. The highest BCUT2D eigenvalue weighted by molar-refractivity contribution is 5.75. The van der Waals surface area contributed by atoms with E-state index in [-0.39, 0.29) is 18.7 Å². The maximum absolute atomic E-state index is 12.7. The van der Waals surface area contributed by atoms with Gasteiger partial charge in [0.15, 0.2) is 0 Å². The minimum absolute atomic E-state index is 0.0375. The van der Waals surface area contributed by atoms with Crippen molar-refractivity contribution in [2.24, 2.45) is 0 Å². The number of benzene rings is 2. The van der Waals surface area contributed by atoms with Crippen molar-refractivity contribution in [1.82, 2.24) is 15.2 Å². The molecule has 0 bridgehead atoms. The van der Waals surface area contributed by atoms with Crippen LogP contribution in [0.15, 0.2) is 78.5 Å². The fraction of sp³-hybridized carbons (Fsp3) is 0.286. The molecule has 3 aromatic rings. The van der Waals surface area contributed by atoms with Gasteiger partial charge < -0.3 is 20.1 Å². The molecule has 2 atom stereocenters. The van der Waals surface area contributed by atoms with Crippen LogP contribution in [0.2, 0.25) is 0 Å². The first-order chi connectivity index (χ1) is 16.7. The second kappa shape index (κ2) is 10.1. The zero-order chi connectivity index (χ0) is 23.3. The lowest BCUT2D eigenvalue weighted by Crippen LogP contribution is -2.44. The van der Waals surface area contributed by atoms with Gasteiger partial charge in [0.2, 0.25) is 5.88 Å². The molecular weight excluding hydrogens is 426 g/mol. The molecule has 1 aliphatic carbocycles. The number of aliphatic hydroxyl groups is 1. The molecule has 0 radical (unpaired) electrons. The Bertz CT molecular complexity index is 1150. The number of hydrogen-bond donors (Lipinski definition) is 2. The van der Waals surface area contributed by atoms with E-state index in [0.717, 1.165) is 43.5 Å². The maximum atomic E-state index is 12.7. The molecule has 34 heavy (non-hydrogen) atoms. The number of piperidine rings is 1. The predicted molar refractivity (Wildman–Crippen MR) is 132 cm³/mol. The van der Waals surface area contributed by atoms with Crippen LogP contribution in [0.1, 0.15) is 41.9 Å². The minimum Gasteiger partial charge on any atom is -0.439 e. The molecule has 2 amide bonds. The SMILES string of the molecule is O=C(NC1CC1c1ccccc1)N1CCC(=Cc2cccc(Oc3ccc(CO)cn3)c2)CC1. The van der Waals surface area contributed by atoms with Gasteiger partial charge in [-0.25, -0.2) is 9.78 Å². The molecule has 2 N–H and O–H groups in total. The van der Waals surface area contributed by atoms with Gasteiger partial charge in [-0.1, -0.05) is 54.1 Å². The van der Waals surface area contributed by atoms with Crippen molar-refractivity contribution in [3.8, 4) is 11.6 Å². The number of nitrogens with zero attached hydrogens (tertiary/aromatic N) is 2. The fourth-order valence-corrected chi connectivity index (χ4v) is 4.40. The molecule has 2 heterocycles. The van der Waals surface area contributed by atoms with Crippen molar-refractivity contribution in [3.63, 3.8) is 0 Å². The molecule has 174 valence electrons. The quantitative estimate of drug-likeness (QED) is 0.542. The van der Waals surface area contributed by atoms with Gasteiger partial charge >= 0.3 is 6.03 Å². The number of ether oxygens (including phenoxy) is 1. The Balaban J connectivity index is 1.13. The summed E-state index contributed by atoms with van der Waals surface area (Å²) in [5.74, 6) is 1.65. The van der Waals surface area contributed by atoms with Crippen molar-refractivity contribution in [2.45, 2.75) is 37.8 Å². The Morgan fingerprint density at radius 1 is 1.09 bits per heavy atom. The molecule has 1 aromatic heterocycles. The number of carbonyl (C=O) groups excluding carboxylic acids is 1. The van der Waals surface area contributed by atoms with E-state index in [2.05, 4.69) is 46.7 Å². The van der Waals surface area contributed by atoms with Gasteiger partial charge in [0.05, 0.1) is 6.61 Å². The number of carbonyl (C=O) groups is 1. The second-order valence-electron chi connectivity index (χ2n) is 8.94. The highest BCUT2D eigenvalue weighted by atomic mass is 16.5. The number of rotatable bonds is 6. The van der Waals surface area contributed by atoms with Crippen LogP contribution in [0.5, 0.6) is 11.6 Å². The average Bonchev–Trinajstić information content (AvgIpc) is 3.65. The van der Waals surface area contributed by atoms with Crippen LogP contribution in [-0.4, -0.2) is 40.2 Å². The van der Waals surface area contributed by atoms with Crippen molar-refractivity contribution < 1.29 is 14.6 Å². The Labute approximate surface area is 199 Å². The molecule has 2 fully saturated rings. The lowest BCUT2D eigenvalue weighted by Gasteiger charge is -2.28. The highest BCUT2D eigenvalue weighted by Crippen LogP contribution is 2.40. The first-order valence-electron chi connectivity index (χ1n) is 11.8. The molecule has 2 aliphatic rings. The summed E-state index contributed by atoms with van der Waals surface area (Å²) in [5, 5.41) is 12.3. The van der Waals surface area contributed by atoms with Gasteiger partial charge in [-0.05, 0) is 54.2 Å². The Morgan fingerprint density at radius 3 is 2.65 bits per heavy atom. The topological polar surface area (TPSA) is 74.7 Å². The van der Waals surface area contributed by atoms with Gasteiger partial charge in [-0.2, -0.15) is 0 Å². The van der Waals surface area contributed by atoms with Crippen molar-refractivity contribution in [2.75, 3.05) is 13.1 Å². The third-order valence-electron chi connectivity index (χ3n) is 6.45. The molecule has 6 nitrogen and oxygen atoms in total. The summed E-state index contributed by atoms with van der Waals surface area (Å²) in [6, 6.07) is 22.2. The predicted octanol–water partition coefficient (Wildman–Crippen LogP) is 5.11. The molecule has 6 heteroatoms.